The van der Waals surface area contributed by atoms with Crippen molar-refractivity contribution in [3.63, 3.8) is 0 Å². The van der Waals surface area contributed by atoms with E-state index in [0.717, 1.165) is 11.1 Å². The topological polar surface area (TPSA) is 91.5 Å². The molecular formula is C22H19F3N4O2. The summed E-state index contributed by atoms with van der Waals surface area (Å²) in [5.41, 5.74) is 2.51. The Bertz CT molecular complexity index is 1210. The number of halogens is 3. The van der Waals surface area contributed by atoms with Crippen LogP contribution in [0.5, 0.6) is 0 Å². The monoisotopic (exact) mass is 428 g/mol. The molecule has 2 aromatic heterocycles. The fraction of sp³-hybridized carbons (Fsp3) is 0.273. The first-order chi connectivity index (χ1) is 14.8. The van der Waals surface area contributed by atoms with Gasteiger partial charge in [-0.3, -0.25) is 9.78 Å². The van der Waals surface area contributed by atoms with Crippen molar-refractivity contribution in [2.75, 3.05) is 0 Å². The van der Waals surface area contributed by atoms with Crippen LogP contribution in [-0.2, 0) is 12.6 Å². The zero-order chi connectivity index (χ0) is 22.0. The standard InChI is InChI=1S/C22H19F3N4O2/c23-22(24,25)20-26-11-16(12-27-20)14-6-8-15(9-7-14)18-17(19(30)29-21(31)28-18)10-13-4-2-1-3-5-13/h1-6,11-12,15H,7-10H2,(H2,28,29,30,31). The summed E-state index contributed by atoms with van der Waals surface area (Å²) < 4.78 is 38.0. The van der Waals surface area contributed by atoms with E-state index in [0.29, 0.717) is 42.5 Å². The van der Waals surface area contributed by atoms with Crippen molar-refractivity contribution in [2.24, 2.45) is 0 Å². The number of nitrogens with one attached hydrogen (secondary N) is 2. The Labute approximate surface area is 174 Å². The molecule has 31 heavy (non-hydrogen) atoms. The van der Waals surface area contributed by atoms with Gasteiger partial charge in [0.15, 0.2) is 0 Å². The van der Waals surface area contributed by atoms with Crippen LogP contribution >= 0.6 is 0 Å². The predicted molar refractivity (Wildman–Crippen MR) is 109 cm³/mol. The summed E-state index contributed by atoms with van der Waals surface area (Å²) in [6, 6.07) is 9.49. The van der Waals surface area contributed by atoms with Crippen molar-refractivity contribution in [3.8, 4) is 0 Å². The zero-order valence-corrected chi connectivity index (χ0v) is 16.4. The maximum atomic E-state index is 12.7. The molecule has 0 fully saturated rings. The highest BCUT2D eigenvalue weighted by Gasteiger charge is 2.34. The minimum atomic E-state index is -4.58. The Hall–Kier alpha value is -3.49. The van der Waals surface area contributed by atoms with Crippen molar-refractivity contribution in [3.05, 3.63) is 97.8 Å². The maximum Gasteiger partial charge on any atom is 0.451 e. The molecule has 1 unspecified atom stereocenters. The number of nitrogens with zero attached hydrogens (tertiary/aromatic N) is 2. The number of aromatic amines is 2. The average molecular weight is 428 g/mol. The lowest BCUT2D eigenvalue weighted by Gasteiger charge is -2.23. The van der Waals surface area contributed by atoms with Gasteiger partial charge in [0.1, 0.15) is 0 Å². The molecule has 0 bridgehead atoms. The second-order valence-corrected chi connectivity index (χ2v) is 7.46. The average Bonchev–Trinajstić information content (AvgIpc) is 2.76. The first-order valence-electron chi connectivity index (χ1n) is 9.79. The van der Waals surface area contributed by atoms with Gasteiger partial charge in [-0.25, -0.2) is 14.8 Å². The molecule has 9 heteroatoms. The molecule has 0 saturated carbocycles. The number of rotatable bonds is 4. The lowest BCUT2D eigenvalue weighted by atomic mass is 9.83. The summed E-state index contributed by atoms with van der Waals surface area (Å²) in [5, 5.41) is 0. The molecule has 0 saturated heterocycles. The number of hydrogen-bond donors (Lipinski definition) is 2. The minimum Gasteiger partial charge on any atom is -0.311 e. The second-order valence-electron chi connectivity index (χ2n) is 7.46. The molecule has 0 radical (unpaired) electrons. The number of allylic oxidation sites excluding steroid dienone is 2. The van der Waals surface area contributed by atoms with E-state index in [4.69, 9.17) is 0 Å². The first-order valence-corrected chi connectivity index (χ1v) is 9.79. The van der Waals surface area contributed by atoms with Gasteiger partial charge >= 0.3 is 11.9 Å². The third-order valence-corrected chi connectivity index (χ3v) is 5.39. The quantitative estimate of drug-likeness (QED) is 0.661. The maximum absolute atomic E-state index is 12.7. The van der Waals surface area contributed by atoms with Crippen LogP contribution in [0.15, 0.2) is 58.4 Å². The van der Waals surface area contributed by atoms with Crippen molar-refractivity contribution >= 4 is 5.57 Å². The van der Waals surface area contributed by atoms with Gasteiger partial charge in [-0.2, -0.15) is 13.2 Å². The number of alkyl halides is 3. The van der Waals surface area contributed by atoms with E-state index in [9.17, 15) is 22.8 Å². The Morgan fingerprint density at radius 1 is 1.03 bits per heavy atom. The highest BCUT2D eigenvalue weighted by atomic mass is 19.4. The van der Waals surface area contributed by atoms with Gasteiger partial charge < -0.3 is 4.98 Å². The summed E-state index contributed by atoms with van der Waals surface area (Å²) in [6.07, 6.45) is 1.82. The molecule has 0 aliphatic heterocycles. The van der Waals surface area contributed by atoms with Gasteiger partial charge in [-0.1, -0.05) is 36.4 Å². The number of H-pyrrole nitrogens is 2. The number of aromatic nitrogens is 4. The van der Waals surface area contributed by atoms with E-state index in [-0.39, 0.29) is 5.92 Å². The summed E-state index contributed by atoms with van der Waals surface area (Å²) >= 11 is 0. The third-order valence-electron chi connectivity index (χ3n) is 5.39. The number of hydrogen-bond acceptors (Lipinski definition) is 4. The van der Waals surface area contributed by atoms with E-state index in [2.05, 4.69) is 19.9 Å². The lowest BCUT2D eigenvalue weighted by Crippen LogP contribution is -2.30. The summed E-state index contributed by atoms with van der Waals surface area (Å²) in [6.45, 7) is 0. The van der Waals surface area contributed by atoms with Gasteiger partial charge in [0.2, 0.25) is 5.82 Å². The van der Waals surface area contributed by atoms with Crippen LogP contribution in [-0.4, -0.2) is 19.9 Å². The first kappa shape index (κ1) is 20.8. The Morgan fingerprint density at radius 3 is 2.35 bits per heavy atom. The highest BCUT2D eigenvalue weighted by molar-refractivity contribution is 5.65. The summed E-state index contributed by atoms with van der Waals surface area (Å²) in [7, 11) is 0. The van der Waals surface area contributed by atoms with Crippen molar-refractivity contribution in [1.29, 1.82) is 0 Å². The zero-order valence-electron chi connectivity index (χ0n) is 16.4. The fourth-order valence-corrected chi connectivity index (χ4v) is 3.85. The normalized spacial score (nSPS) is 16.7. The smallest absolute Gasteiger partial charge is 0.311 e. The molecule has 2 N–H and O–H groups in total. The minimum absolute atomic E-state index is 0.0761. The molecule has 3 aromatic rings. The van der Waals surface area contributed by atoms with E-state index < -0.39 is 23.2 Å². The van der Waals surface area contributed by atoms with Gasteiger partial charge in [-0.15, -0.1) is 0 Å². The molecule has 1 aromatic carbocycles. The highest BCUT2D eigenvalue weighted by Crippen LogP contribution is 2.36. The fourth-order valence-electron chi connectivity index (χ4n) is 3.85. The van der Waals surface area contributed by atoms with Crippen molar-refractivity contribution in [2.45, 2.75) is 37.8 Å². The van der Waals surface area contributed by atoms with Crippen LogP contribution in [0.2, 0.25) is 0 Å². The number of benzene rings is 1. The molecule has 0 amide bonds. The van der Waals surface area contributed by atoms with Gasteiger partial charge in [0.05, 0.1) is 0 Å². The largest absolute Gasteiger partial charge is 0.451 e. The van der Waals surface area contributed by atoms with E-state index in [1.54, 1.807) is 0 Å². The Kier molecular flexibility index (Phi) is 5.58. The van der Waals surface area contributed by atoms with Crippen molar-refractivity contribution in [1.82, 2.24) is 19.9 Å². The van der Waals surface area contributed by atoms with E-state index in [1.807, 2.05) is 36.4 Å². The van der Waals surface area contributed by atoms with Gasteiger partial charge in [0, 0.05) is 41.6 Å². The SMILES string of the molecule is O=c1[nH]c(C2CC=C(c3cnc(C(F)(F)F)nc3)CC2)c(Cc2ccccc2)c(=O)[nH]1. The predicted octanol–water partition coefficient (Wildman–Crippen LogP) is 3.81. The Balaban J connectivity index is 1.59. The van der Waals surface area contributed by atoms with Crippen molar-refractivity contribution < 1.29 is 13.2 Å². The third kappa shape index (κ3) is 4.65. The van der Waals surface area contributed by atoms with Crippen LogP contribution in [0.4, 0.5) is 13.2 Å². The molecule has 160 valence electrons. The Morgan fingerprint density at radius 2 is 1.74 bits per heavy atom. The molecular weight excluding hydrogens is 409 g/mol. The molecule has 1 atom stereocenters. The second kappa shape index (κ2) is 8.33. The van der Waals surface area contributed by atoms with Gasteiger partial charge in [0.25, 0.3) is 5.56 Å². The van der Waals surface area contributed by atoms with E-state index in [1.165, 1.54) is 12.4 Å². The molecule has 6 nitrogen and oxygen atoms in total. The van der Waals surface area contributed by atoms with Crippen LogP contribution in [0.1, 0.15) is 53.4 Å². The molecule has 1 aliphatic carbocycles. The van der Waals surface area contributed by atoms with Crippen LogP contribution in [0.25, 0.3) is 5.57 Å². The molecule has 2 heterocycles. The molecule has 1 aliphatic rings. The molecule has 0 spiro atoms. The summed E-state index contributed by atoms with van der Waals surface area (Å²) in [5.74, 6) is -1.25. The van der Waals surface area contributed by atoms with Crippen LogP contribution in [0.3, 0.4) is 0 Å². The van der Waals surface area contributed by atoms with Crippen LogP contribution in [0, 0.1) is 0 Å². The summed E-state index contributed by atoms with van der Waals surface area (Å²) in [4.78, 5) is 36.4. The van der Waals surface area contributed by atoms with Crippen LogP contribution < -0.4 is 11.2 Å². The van der Waals surface area contributed by atoms with E-state index >= 15 is 0 Å². The molecule has 4 rings (SSSR count). The van der Waals surface area contributed by atoms with Gasteiger partial charge in [-0.05, 0) is 30.4 Å². The lowest BCUT2D eigenvalue weighted by molar-refractivity contribution is -0.145.